The highest BCUT2D eigenvalue weighted by Gasteiger charge is 2.23. The fourth-order valence-electron chi connectivity index (χ4n) is 1.12. The van der Waals surface area contributed by atoms with Crippen LogP contribution >= 0.6 is 0 Å². The van der Waals surface area contributed by atoms with Gasteiger partial charge in [-0.25, -0.2) is 0 Å². The van der Waals surface area contributed by atoms with E-state index < -0.39 is 0 Å². The fraction of sp³-hybridized carbons (Fsp3) is 0.750. The van der Waals surface area contributed by atoms with E-state index in [9.17, 15) is 0 Å². The zero-order valence-corrected chi connectivity index (χ0v) is 6.02. The van der Waals surface area contributed by atoms with Crippen molar-refractivity contribution >= 4 is 0 Å². The van der Waals surface area contributed by atoms with Crippen molar-refractivity contribution in [3.05, 3.63) is 12.7 Å². The first-order valence-electron chi connectivity index (χ1n) is 3.54. The molecular weight excluding hydrogens is 112 g/mol. The van der Waals surface area contributed by atoms with Crippen molar-refractivity contribution < 1.29 is 4.74 Å². The van der Waals surface area contributed by atoms with Crippen LogP contribution in [0.25, 0.3) is 0 Å². The molecule has 1 unspecified atom stereocenters. The minimum atomic E-state index is -0.0156. The molecule has 1 rings (SSSR count). The van der Waals surface area contributed by atoms with Gasteiger partial charge in [0.2, 0.25) is 0 Å². The van der Waals surface area contributed by atoms with E-state index in [2.05, 4.69) is 13.5 Å². The molecule has 1 nitrogen and oxygen atoms in total. The van der Waals surface area contributed by atoms with E-state index in [0.29, 0.717) is 0 Å². The minimum absolute atomic E-state index is 0.0156. The lowest BCUT2D eigenvalue weighted by Crippen LogP contribution is -2.29. The summed E-state index contributed by atoms with van der Waals surface area (Å²) in [4.78, 5) is 0. The monoisotopic (exact) mass is 126 g/mol. The minimum Gasteiger partial charge on any atom is -0.371 e. The first-order valence-corrected chi connectivity index (χ1v) is 3.54. The van der Waals surface area contributed by atoms with Crippen LogP contribution in [0.15, 0.2) is 12.7 Å². The summed E-state index contributed by atoms with van der Waals surface area (Å²) in [6, 6.07) is 0. The van der Waals surface area contributed by atoms with Crippen LogP contribution in [-0.4, -0.2) is 12.2 Å². The molecule has 0 aromatic carbocycles. The average molecular weight is 126 g/mol. The summed E-state index contributed by atoms with van der Waals surface area (Å²) in [5.74, 6) is 0. The second-order valence-corrected chi connectivity index (χ2v) is 2.82. The topological polar surface area (TPSA) is 9.23 Å². The Morgan fingerprint density at radius 3 is 2.67 bits per heavy atom. The Labute approximate surface area is 56.7 Å². The van der Waals surface area contributed by atoms with Gasteiger partial charge in [0.1, 0.15) is 0 Å². The van der Waals surface area contributed by atoms with Crippen LogP contribution in [0.5, 0.6) is 0 Å². The molecular formula is C8H14O. The van der Waals surface area contributed by atoms with Gasteiger partial charge in [0.05, 0.1) is 5.60 Å². The Kier molecular flexibility index (Phi) is 1.91. The number of ether oxygens (including phenoxy) is 1. The van der Waals surface area contributed by atoms with Crippen molar-refractivity contribution in [2.75, 3.05) is 6.61 Å². The third-order valence-electron chi connectivity index (χ3n) is 1.93. The number of rotatable bonds is 1. The van der Waals surface area contributed by atoms with Gasteiger partial charge < -0.3 is 4.74 Å². The van der Waals surface area contributed by atoms with Crippen LogP contribution in [0.2, 0.25) is 0 Å². The highest BCUT2D eigenvalue weighted by atomic mass is 16.5. The first-order chi connectivity index (χ1) is 4.27. The van der Waals surface area contributed by atoms with Gasteiger partial charge in [0.25, 0.3) is 0 Å². The summed E-state index contributed by atoms with van der Waals surface area (Å²) >= 11 is 0. The fourth-order valence-corrected chi connectivity index (χ4v) is 1.12. The molecule has 1 saturated heterocycles. The molecule has 52 valence electrons. The van der Waals surface area contributed by atoms with Crippen molar-refractivity contribution in [2.24, 2.45) is 0 Å². The van der Waals surface area contributed by atoms with Crippen molar-refractivity contribution in [3.8, 4) is 0 Å². The normalized spacial score (nSPS) is 36.1. The van der Waals surface area contributed by atoms with E-state index in [1.165, 1.54) is 12.8 Å². The average Bonchev–Trinajstić information content (AvgIpc) is 1.90. The maximum Gasteiger partial charge on any atom is 0.0831 e. The summed E-state index contributed by atoms with van der Waals surface area (Å²) in [6.45, 7) is 6.73. The zero-order chi connectivity index (χ0) is 6.74. The predicted molar refractivity (Wildman–Crippen MR) is 38.4 cm³/mol. The smallest absolute Gasteiger partial charge is 0.0831 e. The van der Waals surface area contributed by atoms with Crippen LogP contribution in [0.1, 0.15) is 26.2 Å². The second-order valence-electron chi connectivity index (χ2n) is 2.82. The van der Waals surface area contributed by atoms with Crippen LogP contribution in [0.4, 0.5) is 0 Å². The van der Waals surface area contributed by atoms with E-state index in [-0.39, 0.29) is 5.60 Å². The molecule has 1 aliphatic rings. The molecule has 1 heteroatoms. The van der Waals surface area contributed by atoms with Crippen LogP contribution in [-0.2, 0) is 4.74 Å². The molecule has 1 fully saturated rings. The van der Waals surface area contributed by atoms with Crippen LogP contribution in [0.3, 0.4) is 0 Å². The molecule has 0 radical (unpaired) electrons. The van der Waals surface area contributed by atoms with Crippen molar-refractivity contribution in [2.45, 2.75) is 31.8 Å². The van der Waals surface area contributed by atoms with Crippen molar-refractivity contribution in [1.29, 1.82) is 0 Å². The molecule has 0 aromatic rings. The summed E-state index contributed by atoms with van der Waals surface area (Å²) in [5.41, 5.74) is -0.0156. The third-order valence-corrected chi connectivity index (χ3v) is 1.93. The molecule has 1 aliphatic heterocycles. The van der Waals surface area contributed by atoms with Crippen LogP contribution in [0, 0.1) is 0 Å². The maximum atomic E-state index is 5.50. The van der Waals surface area contributed by atoms with Gasteiger partial charge in [-0.05, 0) is 26.2 Å². The highest BCUT2D eigenvalue weighted by molar-refractivity contribution is 4.94. The number of hydrogen-bond donors (Lipinski definition) is 0. The lowest BCUT2D eigenvalue weighted by molar-refractivity contribution is -0.0294. The highest BCUT2D eigenvalue weighted by Crippen LogP contribution is 2.24. The van der Waals surface area contributed by atoms with Crippen LogP contribution < -0.4 is 0 Å². The van der Waals surface area contributed by atoms with E-state index in [0.717, 1.165) is 13.0 Å². The number of hydrogen-bond acceptors (Lipinski definition) is 1. The lowest BCUT2D eigenvalue weighted by atomic mass is 9.96. The van der Waals surface area contributed by atoms with Gasteiger partial charge in [0.15, 0.2) is 0 Å². The third kappa shape index (κ3) is 1.55. The Morgan fingerprint density at radius 1 is 1.56 bits per heavy atom. The zero-order valence-electron chi connectivity index (χ0n) is 6.02. The molecule has 0 aliphatic carbocycles. The molecule has 0 bridgehead atoms. The molecule has 1 atom stereocenters. The Balaban J connectivity index is 2.46. The molecule has 9 heavy (non-hydrogen) atoms. The molecule has 0 spiro atoms. The first kappa shape index (κ1) is 6.81. The van der Waals surface area contributed by atoms with Crippen molar-refractivity contribution in [3.63, 3.8) is 0 Å². The standard InChI is InChI=1S/C8H14O/c1-3-8(2)6-4-5-7-9-8/h3H,1,4-7H2,2H3. The van der Waals surface area contributed by atoms with Crippen molar-refractivity contribution in [1.82, 2.24) is 0 Å². The molecule has 0 aromatic heterocycles. The predicted octanol–water partition coefficient (Wildman–Crippen LogP) is 2.13. The largest absolute Gasteiger partial charge is 0.371 e. The summed E-state index contributed by atoms with van der Waals surface area (Å²) < 4.78 is 5.50. The molecule has 1 heterocycles. The summed E-state index contributed by atoms with van der Waals surface area (Å²) in [5, 5.41) is 0. The lowest BCUT2D eigenvalue weighted by Gasteiger charge is -2.30. The SMILES string of the molecule is C=CC1(C)CCCCO1. The van der Waals surface area contributed by atoms with Gasteiger partial charge in [0, 0.05) is 6.61 Å². The summed E-state index contributed by atoms with van der Waals surface area (Å²) in [6.07, 6.45) is 5.54. The van der Waals surface area contributed by atoms with Gasteiger partial charge >= 0.3 is 0 Å². The quantitative estimate of drug-likeness (QED) is 0.489. The van der Waals surface area contributed by atoms with E-state index in [1.54, 1.807) is 0 Å². The Bertz CT molecular complexity index is 101. The van der Waals surface area contributed by atoms with E-state index in [1.807, 2.05) is 6.08 Å². The van der Waals surface area contributed by atoms with Gasteiger partial charge in [-0.1, -0.05) is 6.08 Å². The molecule has 0 saturated carbocycles. The molecule has 0 amide bonds. The van der Waals surface area contributed by atoms with E-state index in [4.69, 9.17) is 4.74 Å². The second kappa shape index (κ2) is 2.53. The van der Waals surface area contributed by atoms with Gasteiger partial charge in [-0.15, -0.1) is 6.58 Å². The Hall–Kier alpha value is -0.300. The molecule has 0 N–H and O–H groups in total. The maximum absolute atomic E-state index is 5.50. The van der Waals surface area contributed by atoms with E-state index >= 15 is 0 Å². The van der Waals surface area contributed by atoms with Gasteiger partial charge in [-0.2, -0.15) is 0 Å². The summed E-state index contributed by atoms with van der Waals surface area (Å²) in [7, 11) is 0. The Morgan fingerprint density at radius 2 is 2.33 bits per heavy atom. The van der Waals surface area contributed by atoms with Gasteiger partial charge in [-0.3, -0.25) is 0 Å².